The van der Waals surface area contributed by atoms with Crippen LogP contribution in [-0.4, -0.2) is 47.7 Å². The minimum Gasteiger partial charge on any atom is -0.366 e. The van der Waals surface area contributed by atoms with Crippen LogP contribution >= 0.6 is 0 Å². The van der Waals surface area contributed by atoms with Crippen LogP contribution in [0.4, 0.5) is 20.2 Å². The molecule has 1 heterocycles. The summed E-state index contributed by atoms with van der Waals surface area (Å²) in [6.45, 7) is 3.80. The third-order valence-electron chi connectivity index (χ3n) is 5.02. The van der Waals surface area contributed by atoms with Crippen LogP contribution in [0.1, 0.15) is 33.2 Å². The topological polar surface area (TPSA) is 83.8 Å². The SMILES string of the molecule is CC(=O)c1ccc(N2CCN(C(=O)c3cc(F)c(C)c([N+](=O)[O-])c3)CC2)c(F)c1. The van der Waals surface area contributed by atoms with Gasteiger partial charge < -0.3 is 9.80 Å². The van der Waals surface area contributed by atoms with Gasteiger partial charge >= 0.3 is 0 Å². The molecule has 7 nitrogen and oxygen atoms in total. The summed E-state index contributed by atoms with van der Waals surface area (Å²) < 4.78 is 28.3. The zero-order valence-corrected chi connectivity index (χ0v) is 15.9. The van der Waals surface area contributed by atoms with E-state index in [1.807, 2.05) is 0 Å². The lowest BCUT2D eigenvalue weighted by Crippen LogP contribution is -2.49. The fraction of sp³-hybridized carbons (Fsp3) is 0.300. The molecule has 1 aliphatic rings. The van der Waals surface area contributed by atoms with E-state index in [0.29, 0.717) is 18.8 Å². The number of hydrogen-bond donors (Lipinski definition) is 0. The van der Waals surface area contributed by atoms with Gasteiger partial charge in [-0.3, -0.25) is 19.7 Å². The molecule has 0 spiro atoms. The van der Waals surface area contributed by atoms with Gasteiger partial charge in [-0.05, 0) is 38.1 Å². The van der Waals surface area contributed by atoms with Crippen molar-refractivity contribution in [3.63, 3.8) is 0 Å². The fourth-order valence-corrected chi connectivity index (χ4v) is 3.29. The monoisotopic (exact) mass is 403 g/mol. The Labute approximate surface area is 165 Å². The van der Waals surface area contributed by atoms with Gasteiger partial charge in [0, 0.05) is 43.4 Å². The molecule has 0 bridgehead atoms. The van der Waals surface area contributed by atoms with Gasteiger partial charge in [0.05, 0.1) is 16.2 Å². The maximum atomic E-state index is 14.3. The number of rotatable bonds is 4. The summed E-state index contributed by atoms with van der Waals surface area (Å²) in [5, 5.41) is 11.1. The maximum absolute atomic E-state index is 14.3. The fourth-order valence-electron chi connectivity index (χ4n) is 3.29. The van der Waals surface area contributed by atoms with Crippen molar-refractivity contribution in [1.82, 2.24) is 4.90 Å². The first-order valence-electron chi connectivity index (χ1n) is 8.98. The van der Waals surface area contributed by atoms with Crippen molar-refractivity contribution in [3.8, 4) is 0 Å². The Balaban J connectivity index is 1.73. The summed E-state index contributed by atoms with van der Waals surface area (Å²) >= 11 is 0. The number of anilines is 1. The highest BCUT2D eigenvalue weighted by molar-refractivity contribution is 5.95. The van der Waals surface area contributed by atoms with Gasteiger partial charge in [0.1, 0.15) is 11.6 Å². The molecule has 9 heteroatoms. The van der Waals surface area contributed by atoms with E-state index in [1.165, 1.54) is 30.9 Å². The minimum absolute atomic E-state index is 0.0924. The second-order valence-electron chi connectivity index (χ2n) is 6.86. The number of benzene rings is 2. The Morgan fingerprint density at radius 3 is 2.17 bits per heavy atom. The molecule has 2 aromatic rings. The normalized spacial score (nSPS) is 14.1. The van der Waals surface area contributed by atoms with Gasteiger partial charge in [-0.25, -0.2) is 8.78 Å². The molecule has 0 radical (unpaired) electrons. The molecule has 0 saturated carbocycles. The molecule has 0 N–H and O–H groups in total. The largest absolute Gasteiger partial charge is 0.366 e. The predicted molar refractivity (Wildman–Crippen MR) is 102 cm³/mol. The number of nitrogens with zero attached hydrogens (tertiary/aromatic N) is 3. The average molecular weight is 403 g/mol. The van der Waals surface area contributed by atoms with Crippen LogP contribution in [0.2, 0.25) is 0 Å². The number of carbonyl (C=O) groups excluding carboxylic acids is 2. The van der Waals surface area contributed by atoms with Crippen LogP contribution in [0.25, 0.3) is 0 Å². The van der Waals surface area contributed by atoms with Crippen molar-refractivity contribution in [2.75, 3.05) is 31.1 Å². The Bertz CT molecular complexity index is 1000. The minimum atomic E-state index is -0.811. The molecule has 3 rings (SSSR count). The summed E-state index contributed by atoms with van der Waals surface area (Å²) in [4.78, 5) is 37.6. The number of nitro groups is 1. The highest BCUT2D eigenvalue weighted by Crippen LogP contribution is 2.25. The highest BCUT2D eigenvalue weighted by Gasteiger charge is 2.26. The van der Waals surface area contributed by atoms with Crippen molar-refractivity contribution < 1.29 is 23.3 Å². The smallest absolute Gasteiger partial charge is 0.276 e. The van der Waals surface area contributed by atoms with Crippen LogP contribution < -0.4 is 4.90 Å². The van der Waals surface area contributed by atoms with Crippen LogP contribution in [0.5, 0.6) is 0 Å². The molecular weight excluding hydrogens is 384 g/mol. The standard InChI is InChI=1S/C20H19F2N3O4/c1-12-16(21)10-15(11-19(12)25(28)29)20(27)24-7-5-23(6-8-24)18-4-3-14(13(2)26)9-17(18)22/h3-4,9-11H,5-8H2,1-2H3. The van der Waals surface area contributed by atoms with Gasteiger partial charge in [-0.1, -0.05) is 0 Å². The molecular formula is C20H19F2N3O4. The zero-order valence-electron chi connectivity index (χ0n) is 15.9. The van der Waals surface area contributed by atoms with Gasteiger partial charge in [-0.2, -0.15) is 0 Å². The number of Topliss-reactive ketones (excluding diaryl/α,β-unsaturated/α-hetero) is 1. The van der Waals surface area contributed by atoms with Gasteiger partial charge in [0.15, 0.2) is 5.78 Å². The Kier molecular flexibility index (Phi) is 5.58. The van der Waals surface area contributed by atoms with Gasteiger partial charge in [0.2, 0.25) is 0 Å². The van der Waals surface area contributed by atoms with Gasteiger partial charge in [0.25, 0.3) is 11.6 Å². The van der Waals surface area contributed by atoms with E-state index in [2.05, 4.69) is 0 Å². The third kappa shape index (κ3) is 4.08. The van der Waals surface area contributed by atoms with Crippen LogP contribution in [0, 0.1) is 28.7 Å². The molecule has 152 valence electrons. The van der Waals surface area contributed by atoms with E-state index in [4.69, 9.17) is 0 Å². The van der Waals surface area contributed by atoms with E-state index in [0.717, 1.165) is 12.1 Å². The number of amides is 1. The number of hydrogen-bond acceptors (Lipinski definition) is 5. The van der Waals surface area contributed by atoms with Crippen molar-refractivity contribution in [1.29, 1.82) is 0 Å². The summed E-state index contributed by atoms with van der Waals surface area (Å²) in [5.41, 5.74) is -0.0483. The molecule has 1 fully saturated rings. The Morgan fingerprint density at radius 2 is 1.62 bits per heavy atom. The molecule has 0 aromatic heterocycles. The summed E-state index contributed by atoms with van der Waals surface area (Å²) in [6.07, 6.45) is 0. The quantitative estimate of drug-likeness (QED) is 0.444. The van der Waals surface area contributed by atoms with E-state index in [-0.39, 0.29) is 35.6 Å². The van der Waals surface area contributed by atoms with E-state index in [1.54, 1.807) is 11.0 Å². The third-order valence-corrected chi connectivity index (χ3v) is 5.02. The summed E-state index contributed by atoms with van der Waals surface area (Å²) in [6, 6.07) is 6.34. The van der Waals surface area contributed by atoms with Crippen molar-refractivity contribution in [2.45, 2.75) is 13.8 Å². The lowest BCUT2D eigenvalue weighted by atomic mass is 10.1. The number of ketones is 1. The maximum Gasteiger partial charge on any atom is 0.276 e. The lowest BCUT2D eigenvalue weighted by molar-refractivity contribution is -0.385. The first-order valence-corrected chi connectivity index (χ1v) is 8.98. The first kappa shape index (κ1) is 20.4. The van der Waals surface area contributed by atoms with E-state index in [9.17, 15) is 28.5 Å². The molecule has 0 unspecified atom stereocenters. The molecule has 1 aliphatic heterocycles. The van der Waals surface area contributed by atoms with E-state index >= 15 is 0 Å². The van der Waals surface area contributed by atoms with Crippen molar-refractivity contribution in [2.24, 2.45) is 0 Å². The number of halogens is 2. The number of nitro benzene ring substituents is 1. The lowest BCUT2D eigenvalue weighted by Gasteiger charge is -2.36. The molecule has 0 aliphatic carbocycles. The summed E-state index contributed by atoms with van der Waals surface area (Å²) in [5.74, 6) is -2.08. The summed E-state index contributed by atoms with van der Waals surface area (Å²) in [7, 11) is 0. The Hall–Kier alpha value is -3.36. The second-order valence-corrected chi connectivity index (χ2v) is 6.86. The molecule has 1 saturated heterocycles. The van der Waals surface area contributed by atoms with Gasteiger partial charge in [-0.15, -0.1) is 0 Å². The molecule has 2 aromatic carbocycles. The predicted octanol–water partition coefficient (Wildman–Crippen LogP) is 3.35. The highest BCUT2D eigenvalue weighted by atomic mass is 19.1. The van der Waals surface area contributed by atoms with Crippen molar-refractivity contribution in [3.05, 3.63) is 68.8 Å². The molecule has 0 atom stereocenters. The average Bonchev–Trinajstić information content (AvgIpc) is 2.69. The molecule has 29 heavy (non-hydrogen) atoms. The van der Waals surface area contributed by atoms with E-state index < -0.39 is 28.2 Å². The molecule has 1 amide bonds. The zero-order chi connectivity index (χ0) is 21.3. The number of piperazine rings is 1. The Morgan fingerprint density at radius 1 is 1.00 bits per heavy atom. The van der Waals surface area contributed by atoms with Crippen molar-refractivity contribution >= 4 is 23.1 Å². The number of carbonyl (C=O) groups is 2. The van der Waals surface area contributed by atoms with Crippen LogP contribution in [-0.2, 0) is 0 Å². The first-order chi connectivity index (χ1) is 13.7. The second kappa shape index (κ2) is 7.94. The van der Waals surface area contributed by atoms with Crippen LogP contribution in [0.15, 0.2) is 30.3 Å². The van der Waals surface area contributed by atoms with Crippen LogP contribution in [0.3, 0.4) is 0 Å².